The molecule has 232 valence electrons. The lowest BCUT2D eigenvalue weighted by atomic mass is 9.85. The Kier molecular flexibility index (Phi) is 9.32. The Morgan fingerprint density at radius 3 is 2.11 bits per heavy atom. The molecule has 0 spiro atoms. The number of carbonyl (C=O) groups is 2. The minimum Gasteiger partial charge on any atom is -0.466 e. The SMILES string of the molecule is CCOC(=O)Cc1cc(-c2ccc(C(C)(C)C)c3nsnc23)sc1-c1ccc(-c2sc(C(C)(C)C)cc2NC(=O)OCC)s1. The van der Waals surface area contributed by atoms with Gasteiger partial charge in [-0.1, -0.05) is 53.7 Å². The summed E-state index contributed by atoms with van der Waals surface area (Å²) in [5.74, 6) is -0.257. The lowest BCUT2D eigenvalue weighted by Gasteiger charge is -2.19. The van der Waals surface area contributed by atoms with Crippen molar-refractivity contribution in [1.29, 1.82) is 0 Å². The van der Waals surface area contributed by atoms with Crippen LogP contribution in [-0.2, 0) is 31.5 Å². The van der Waals surface area contributed by atoms with Gasteiger partial charge in [-0.25, -0.2) is 4.79 Å². The molecule has 0 radical (unpaired) electrons. The fraction of sp³-hybridized carbons (Fsp3) is 0.394. The smallest absolute Gasteiger partial charge is 0.411 e. The molecule has 0 fully saturated rings. The van der Waals surface area contributed by atoms with E-state index in [1.807, 2.05) is 13.0 Å². The molecule has 0 aliphatic heterocycles. The van der Waals surface area contributed by atoms with Crippen molar-refractivity contribution in [3.63, 3.8) is 0 Å². The summed E-state index contributed by atoms with van der Waals surface area (Å²) in [6.45, 7) is 17.3. The van der Waals surface area contributed by atoms with Gasteiger partial charge in [-0.2, -0.15) is 8.75 Å². The fourth-order valence-electron chi connectivity index (χ4n) is 4.84. The third kappa shape index (κ3) is 6.75. The number of ether oxygens (including phenoxy) is 2. The van der Waals surface area contributed by atoms with Gasteiger partial charge in [-0.3, -0.25) is 10.1 Å². The first kappa shape index (κ1) is 32.3. The van der Waals surface area contributed by atoms with E-state index in [9.17, 15) is 9.59 Å². The number of esters is 1. The highest BCUT2D eigenvalue weighted by Gasteiger charge is 2.26. The number of thiophene rings is 3. The lowest BCUT2D eigenvalue weighted by molar-refractivity contribution is -0.142. The number of rotatable bonds is 8. The molecule has 4 aromatic heterocycles. The summed E-state index contributed by atoms with van der Waals surface area (Å²) in [4.78, 5) is 31.4. The number of hydrogen-bond donors (Lipinski definition) is 1. The number of anilines is 1. The van der Waals surface area contributed by atoms with Crippen LogP contribution < -0.4 is 5.32 Å². The molecular weight excluding hydrogens is 631 g/mol. The number of hydrogen-bond acceptors (Lipinski definition) is 10. The Labute approximate surface area is 274 Å². The summed E-state index contributed by atoms with van der Waals surface area (Å²) < 4.78 is 19.9. The molecule has 0 saturated heterocycles. The van der Waals surface area contributed by atoms with Crippen molar-refractivity contribution in [1.82, 2.24) is 8.75 Å². The predicted octanol–water partition coefficient (Wildman–Crippen LogP) is 10.1. The topological polar surface area (TPSA) is 90.4 Å². The summed E-state index contributed by atoms with van der Waals surface area (Å²) >= 11 is 6.19. The molecule has 5 aromatic rings. The van der Waals surface area contributed by atoms with Gasteiger partial charge < -0.3 is 9.47 Å². The van der Waals surface area contributed by atoms with Crippen LogP contribution in [0, 0.1) is 0 Å². The summed E-state index contributed by atoms with van der Waals surface area (Å²) in [5.41, 5.74) is 5.49. The van der Waals surface area contributed by atoms with Gasteiger partial charge in [0.15, 0.2) is 0 Å². The summed E-state index contributed by atoms with van der Waals surface area (Å²) in [5, 5.41) is 2.94. The van der Waals surface area contributed by atoms with Crippen LogP contribution >= 0.6 is 45.7 Å². The van der Waals surface area contributed by atoms with Gasteiger partial charge in [0, 0.05) is 29.9 Å². The van der Waals surface area contributed by atoms with E-state index in [2.05, 4.69) is 85.9 Å². The van der Waals surface area contributed by atoms with Crippen molar-refractivity contribution in [3.8, 4) is 29.9 Å². The number of amides is 1. The van der Waals surface area contributed by atoms with E-state index in [0.29, 0.717) is 13.2 Å². The Hall–Kier alpha value is -3.12. The molecular formula is C33H37N3O4S4. The van der Waals surface area contributed by atoms with Crippen molar-refractivity contribution in [2.75, 3.05) is 18.5 Å². The summed E-state index contributed by atoms with van der Waals surface area (Å²) in [6.07, 6.45) is -0.294. The summed E-state index contributed by atoms with van der Waals surface area (Å²) in [6, 6.07) is 12.6. The van der Waals surface area contributed by atoms with E-state index in [1.54, 1.807) is 40.9 Å². The Balaban J connectivity index is 1.60. The average Bonchev–Trinajstić information content (AvgIpc) is 3.72. The zero-order chi connectivity index (χ0) is 31.8. The minimum atomic E-state index is -0.469. The number of fused-ring (bicyclic) bond motifs is 1. The van der Waals surface area contributed by atoms with E-state index in [4.69, 9.17) is 9.47 Å². The first-order valence-electron chi connectivity index (χ1n) is 14.5. The monoisotopic (exact) mass is 667 g/mol. The average molecular weight is 668 g/mol. The second-order valence-electron chi connectivity index (χ2n) is 12.4. The van der Waals surface area contributed by atoms with Gasteiger partial charge in [0.05, 0.1) is 41.9 Å². The van der Waals surface area contributed by atoms with Crippen LogP contribution in [0.1, 0.15) is 71.4 Å². The molecule has 4 heterocycles. The Morgan fingerprint density at radius 2 is 1.45 bits per heavy atom. The predicted molar refractivity (Wildman–Crippen MR) is 186 cm³/mol. The van der Waals surface area contributed by atoms with E-state index in [-0.39, 0.29) is 23.2 Å². The first-order chi connectivity index (χ1) is 20.8. The minimum absolute atomic E-state index is 0.0643. The highest BCUT2D eigenvalue weighted by Crippen LogP contribution is 2.48. The van der Waals surface area contributed by atoms with E-state index in [1.165, 1.54) is 11.7 Å². The van der Waals surface area contributed by atoms with E-state index >= 15 is 0 Å². The van der Waals surface area contributed by atoms with Gasteiger partial charge in [0.1, 0.15) is 11.0 Å². The molecule has 0 bridgehead atoms. The molecule has 0 aliphatic rings. The molecule has 0 aliphatic carbocycles. The molecule has 1 amide bonds. The van der Waals surface area contributed by atoms with Crippen LogP contribution in [0.3, 0.4) is 0 Å². The zero-order valence-electron chi connectivity index (χ0n) is 26.2. The second kappa shape index (κ2) is 12.7. The molecule has 44 heavy (non-hydrogen) atoms. The molecule has 1 aromatic carbocycles. The lowest BCUT2D eigenvalue weighted by Crippen LogP contribution is -2.13. The number of benzene rings is 1. The van der Waals surface area contributed by atoms with Crippen LogP contribution in [0.2, 0.25) is 0 Å². The van der Waals surface area contributed by atoms with Gasteiger partial charge >= 0.3 is 12.1 Å². The van der Waals surface area contributed by atoms with Crippen LogP contribution in [0.5, 0.6) is 0 Å². The molecule has 5 rings (SSSR count). The van der Waals surface area contributed by atoms with Crippen LogP contribution in [0.4, 0.5) is 10.5 Å². The first-order valence-corrected chi connectivity index (χ1v) is 17.7. The van der Waals surface area contributed by atoms with Crippen molar-refractivity contribution < 1.29 is 19.1 Å². The molecule has 0 atom stereocenters. The highest BCUT2D eigenvalue weighted by atomic mass is 32.1. The second-order valence-corrected chi connectivity index (χ2v) is 16.1. The fourth-order valence-corrected chi connectivity index (χ4v) is 9.06. The van der Waals surface area contributed by atoms with Gasteiger partial charge in [0.2, 0.25) is 0 Å². The summed E-state index contributed by atoms with van der Waals surface area (Å²) in [7, 11) is 0. The maximum Gasteiger partial charge on any atom is 0.411 e. The van der Waals surface area contributed by atoms with E-state index in [0.717, 1.165) is 62.7 Å². The van der Waals surface area contributed by atoms with E-state index < -0.39 is 6.09 Å². The molecule has 0 saturated carbocycles. The van der Waals surface area contributed by atoms with Crippen LogP contribution in [0.15, 0.2) is 36.4 Å². The Bertz CT molecular complexity index is 1810. The van der Waals surface area contributed by atoms with Crippen molar-refractivity contribution >= 4 is 74.5 Å². The number of nitrogens with zero attached hydrogens (tertiary/aromatic N) is 2. The standard InChI is InChI=1S/C33H37N3O4S4/c1-9-39-26(37)16-18-15-24(19-11-12-20(32(3,4)5)28-27(19)35-44-36-28)42-29(18)22-13-14-23(41-22)30-21(34-31(38)40-10-2)17-25(43-30)33(6,7)8/h11-15,17H,9-10,16H2,1-8H3,(H,34,38). The zero-order valence-corrected chi connectivity index (χ0v) is 29.5. The quantitative estimate of drug-likeness (QED) is 0.166. The third-order valence-corrected chi connectivity index (χ3v) is 11.7. The van der Waals surface area contributed by atoms with Crippen LogP contribution in [-0.4, -0.2) is 34.0 Å². The maximum absolute atomic E-state index is 12.7. The Morgan fingerprint density at radius 1 is 0.773 bits per heavy atom. The number of aromatic nitrogens is 2. The third-order valence-electron chi connectivity index (χ3n) is 6.98. The molecule has 11 heteroatoms. The maximum atomic E-state index is 12.7. The number of nitrogens with one attached hydrogen (secondary N) is 1. The molecule has 7 nitrogen and oxygen atoms in total. The van der Waals surface area contributed by atoms with Crippen molar-refractivity contribution in [2.24, 2.45) is 0 Å². The van der Waals surface area contributed by atoms with Gasteiger partial charge in [0.25, 0.3) is 0 Å². The van der Waals surface area contributed by atoms with Gasteiger partial charge in [-0.05, 0) is 60.1 Å². The largest absolute Gasteiger partial charge is 0.466 e. The van der Waals surface area contributed by atoms with Crippen LogP contribution in [0.25, 0.3) is 41.0 Å². The number of carbonyl (C=O) groups excluding carboxylic acids is 2. The molecule has 1 N–H and O–H groups in total. The van der Waals surface area contributed by atoms with Crippen molar-refractivity contribution in [2.45, 2.75) is 72.6 Å². The van der Waals surface area contributed by atoms with Crippen molar-refractivity contribution in [3.05, 3.63) is 52.4 Å². The normalized spacial score (nSPS) is 12.1. The highest BCUT2D eigenvalue weighted by molar-refractivity contribution is 7.27. The molecule has 0 unspecified atom stereocenters. The van der Waals surface area contributed by atoms with Gasteiger partial charge in [-0.15, -0.1) is 34.0 Å².